The van der Waals surface area contributed by atoms with Crippen molar-refractivity contribution in [1.82, 2.24) is 10.6 Å². The Bertz CT molecular complexity index is 243. The molecule has 1 rings (SSSR count). The van der Waals surface area contributed by atoms with E-state index in [9.17, 15) is 0 Å². The molecule has 1 aliphatic rings. The summed E-state index contributed by atoms with van der Waals surface area (Å²) in [6.07, 6.45) is 9.39. The number of methoxy groups -OCH3 is 1. The van der Waals surface area contributed by atoms with Crippen molar-refractivity contribution >= 4 is 29.9 Å². The molecule has 0 spiro atoms. The zero-order valence-corrected chi connectivity index (χ0v) is 15.4. The predicted octanol–water partition coefficient (Wildman–Crippen LogP) is 3.17. The zero-order valence-electron chi connectivity index (χ0n) is 13.1. The maximum absolute atomic E-state index is 5.03. The molecule has 1 saturated carbocycles. The first-order valence-corrected chi connectivity index (χ1v) is 7.88. The maximum atomic E-state index is 5.03. The summed E-state index contributed by atoms with van der Waals surface area (Å²) in [6, 6.07) is 0. The van der Waals surface area contributed by atoms with Crippen molar-refractivity contribution in [3.8, 4) is 0 Å². The molecule has 2 N–H and O–H groups in total. The quantitative estimate of drug-likeness (QED) is 0.286. The smallest absolute Gasteiger partial charge is 0.191 e. The molecule has 0 aromatic carbocycles. The van der Waals surface area contributed by atoms with Crippen LogP contribution in [0.3, 0.4) is 0 Å². The normalized spacial score (nSPS) is 16.6. The van der Waals surface area contributed by atoms with Gasteiger partial charge in [0, 0.05) is 33.4 Å². The van der Waals surface area contributed by atoms with Gasteiger partial charge in [0.25, 0.3) is 0 Å². The number of aliphatic imine (C=N–C) groups is 1. The Labute approximate surface area is 141 Å². The van der Waals surface area contributed by atoms with Crippen LogP contribution in [0, 0.1) is 5.92 Å². The van der Waals surface area contributed by atoms with Crippen LogP contribution in [0.2, 0.25) is 0 Å². The largest absolute Gasteiger partial charge is 0.385 e. The van der Waals surface area contributed by atoms with E-state index in [0.717, 1.165) is 44.5 Å². The van der Waals surface area contributed by atoms with E-state index in [1.165, 1.54) is 38.5 Å². The van der Waals surface area contributed by atoms with Gasteiger partial charge in [0.05, 0.1) is 0 Å². The average molecular weight is 397 g/mol. The van der Waals surface area contributed by atoms with Crippen LogP contribution in [-0.4, -0.2) is 39.3 Å². The molecule has 0 aliphatic heterocycles. The molecule has 1 fully saturated rings. The van der Waals surface area contributed by atoms with E-state index in [2.05, 4.69) is 22.5 Å². The molecule has 120 valence electrons. The third-order valence-electron chi connectivity index (χ3n) is 3.69. The molecule has 0 unspecified atom stereocenters. The molecule has 4 nitrogen and oxygen atoms in total. The predicted molar refractivity (Wildman–Crippen MR) is 97.1 cm³/mol. The van der Waals surface area contributed by atoms with Crippen LogP contribution in [0.25, 0.3) is 0 Å². The van der Waals surface area contributed by atoms with Gasteiger partial charge in [-0.05, 0) is 25.7 Å². The molecular formula is C15H32IN3O. The maximum Gasteiger partial charge on any atom is 0.191 e. The van der Waals surface area contributed by atoms with Crippen molar-refractivity contribution in [3.05, 3.63) is 0 Å². The van der Waals surface area contributed by atoms with Crippen LogP contribution < -0.4 is 10.6 Å². The molecule has 20 heavy (non-hydrogen) atoms. The first-order valence-electron chi connectivity index (χ1n) is 7.88. The van der Waals surface area contributed by atoms with Crippen molar-refractivity contribution in [2.75, 3.05) is 33.4 Å². The van der Waals surface area contributed by atoms with Crippen molar-refractivity contribution < 1.29 is 4.74 Å². The van der Waals surface area contributed by atoms with Crippen LogP contribution in [-0.2, 0) is 4.74 Å². The van der Waals surface area contributed by atoms with E-state index in [0.29, 0.717) is 0 Å². The zero-order chi connectivity index (χ0) is 13.8. The number of halogens is 1. The number of guanidine groups is 1. The number of ether oxygens (including phenoxy) is 1. The Morgan fingerprint density at radius 3 is 2.60 bits per heavy atom. The van der Waals surface area contributed by atoms with Gasteiger partial charge in [-0.3, -0.25) is 4.99 Å². The molecule has 0 saturated heterocycles. The second-order valence-corrected chi connectivity index (χ2v) is 5.33. The van der Waals surface area contributed by atoms with Gasteiger partial charge in [-0.1, -0.05) is 32.1 Å². The lowest BCUT2D eigenvalue weighted by Crippen LogP contribution is -2.38. The fraction of sp³-hybridized carbons (Fsp3) is 0.933. The van der Waals surface area contributed by atoms with E-state index in [1.807, 2.05) is 0 Å². The Morgan fingerprint density at radius 1 is 1.20 bits per heavy atom. The summed E-state index contributed by atoms with van der Waals surface area (Å²) in [5, 5.41) is 6.74. The van der Waals surface area contributed by atoms with Gasteiger partial charge in [0.15, 0.2) is 5.96 Å². The molecule has 1 aliphatic carbocycles. The van der Waals surface area contributed by atoms with Gasteiger partial charge in [-0.25, -0.2) is 0 Å². The number of hydrogen-bond acceptors (Lipinski definition) is 2. The highest BCUT2D eigenvalue weighted by molar-refractivity contribution is 14.0. The minimum Gasteiger partial charge on any atom is -0.385 e. The summed E-state index contributed by atoms with van der Waals surface area (Å²) >= 11 is 0. The Balaban J connectivity index is 0.00000361. The molecule has 0 aromatic heterocycles. The highest BCUT2D eigenvalue weighted by Gasteiger charge is 2.12. The molecule has 0 heterocycles. The van der Waals surface area contributed by atoms with Gasteiger partial charge in [0.1, 0.15) is 0 Å². The van der Waals surface area contributed by atoms with Crippen molar-refractivity contribution in [1.29, 1.82) is 0 Å². The van der Waals surface area contributed by atoms with E-state index in [1.54, 1.807) is 7.11 Å². The molecular weight excluding hydrogens is 365 g/mol. The molecule has 0 bridgehead atoms. The minimum absolute atomic E-state index is 0. The third-order valence-corrected chi connectivity index (χ3v) is 3.69. The van der Waals surface area contributed by atoms with Crippen molar-refractivity contribution in [2.45, 2.75) is 51.9 Å². The highest BCUT2D eigenvalue weighted by atomic mass is 127. The Hall–Kier alpha value is -0.0400. The molecule has 0 radical (unpaired) electrons. The Morgan fingerprint density at radius 2 is 1.95 bits per heavy atom. The van der Waals surface area contributed by atoms with Crippen LogP contribution >= 0.6 is 24.0 Å². The SMILES string of the molecule is CCNC(=NCCCOC)NCCC1CCCCC1.I. The van der Waals surface area contributed by atoms with Gasteiger partial charge in [-0.15, -0.1) is 24.0 Å². The Kier molecular flexibility index (Phi) is 13.9. The fourth-order valence-corrected chi connectivity index (χ4v) is 2.61. The first-order chi connectivity index (χ1) is 9.36. The number of nitrogens with zero attached hydrogens (tertiary/aromatic N) is 1. The summed E-state index contributed by atoms with van der Waals surface area (Å²) in [6.45, 7) is 5.67. The van der Waals surface area contributed by atoms with E-state index < -0.39 is 0 Å². The van der Waals surface area contributed by atoms with Gasteiger partial charge in [-0.2, -0.15) is 0 Å². The number of hydrogen-bond donors (Lipinski definition) is 2. The summed E-state index contributed by atoms with van der Waals surface area (Å²) < 4.78 is 5.03. The first kappa shape index (κ1) is 20.0. The third kappa shape index (κ3) is 9.80. The molecule has 0 atom stereocenters. The van der Waals surface area contributed by atoms with Gasteiger partial charge in [0.2, 0.25) is 0 Å². The monoisotopic (exact) mass is 397 g/mol. The highest BCUT2D eigenvalue weighted by Crippen LogP contribution is 2.25. The lowest BCUT2D eigenvalue weighted by molar-refractivity contribution is 0.197. The molecule has 0 amide bonds. The fourth-order valence-electron chi connectivity index (χ4n) is 2.61. The van der Waals surface area contributed by atoms with Crippen molar-refractivity contribution in [3.63, 3.8) is 0 Å². The summed E-state index contributed by atoms with van der Waals surface area (Å²) in [7, 11) is 1.73. The number of rotatable bonds is 8. The van der Waals surface area contributed by atoms with Crippen LogP contribution in [0.15, 0.2) is 4.99 Å². The molecule has 0 aromatic rings. The lowest BCUT2D eigenvalue weighted by Gasteiger charge is -2.22. The van der Waals surface area contributed by atoms with E-state index >= 15 is 0 Å². The van der Waals surface area contributed by atoms with Crippen molar-refractivity contribution in [2.24, 2.45) is 10.9 Å². The average Bonchev–Trinajstić information content (AvgIpc) is 2.44. The van der Waals surface area contributed by atoms with Crippen LogP contribution in [0.5, 0.6) is 0 Å². The summed E-state index contributed by atoms with van der Waals surface area (Å²) in [5.41, 5.74) is 0. The van der Waals surface area contributed by atoms with E-state index in [-0.39, 0.29) is 24.0 Å². The minimum atomic E-state index is 0. The van der Waals surface area contributed by atoms with Crippen LogP contribution in [0.1, 0.15) is 51.9 Å². The van der Waals surface area contributed by atoms with Crippen LogP contribution in [0.4, 0.5) is 0 Å². The summed E-state index contributed by atoms with van der Waals surface area (Å²) in [4.78, 5) is 4.55. The topological polar surface area (TPSA) is 45.7 Å². The standard InChI is InChI=1S/C15H31N3O.HI/c1-3-16-15(17-11-7-13-19-2)18-12-10-14-8-5-4-6-9-14;/h14H,3-13H2,1-2H3,(H2,16,17,18);1H. The number of nitrogens with one attached hydrogen (secondary N) is 2. The lowest BCUT2D eigenvalue weighted by atomic mass is 9.87. The summed E-state index contributed by atoms with van der Waals surface area (Å²) in [5.74, 6) is 1.88. The second-order valence-electron chi connectivity index (χ2n) is 5.33. The molecule has 5 heteroatoms. The van der Waals surface area contributed by atoms with Gasteiger partial charge < -0.3 is 15.4 Å². The van der Waals surface area contributed by atoms with E-state index in [4.69, 9.17) is 4.74 Å². The second kappa shape index (κ2) is 13.9. The van der Waals surface area contributed by atoms with Gasteiger partial charge >= 0.3 is 0 Å².